The summed E-state index contributed by atoms with van der Waals surface area (Å²) in [6.45, 7) is 4.61. The number of ketones is 1. The molecular formula is C24H30N4O3S. The number of aromatic nitrogens is 4. The Hall–Kier alpha value is -2.87. The number of tetrazole rings is 1. The van der Waals surface area contributed by atoms with Crippen LogP contribution in [0.5, 0.6) is 11.5 Å². The second-order valence-electron chi connectivity index (χ2n) is 7.66. The number of aryl methyl sites for hydroxylation is 1. The zero-order valence-electron chi connectivity index (χ0n) is 18.9. The van der Waals surface area contributed by atoms with Gasteiger partial charge in [-0.3, -0.25) is 4.79 Å². The number of hydrogen-bond acceptors (Lipinski definition) is 7. The van der Waals surface area contributed by atoms with Crippen molar-refractivity contribution in [2.45, 2.75) is 52.7 Å². The number of carbonyl (C=O) groups is 1. The highest BCUT2D eigenvalue weighted by Gasteiger charge is 2.15. The van der Waals surface area contributed by atoms with E-state index in [4.69, 9.17) is 4.74 Å². The fourth-order valence-corrected chi connectivity index (χ4v) is 3.88. The second-order valence-corrected chi connectivity index (χ2v) is 8.65. The van der Waals surface area contributed by atoms with Gasteiger partial charge in [0.05, 0.1) is 12.1 Å². The van der Waals surface area contributed by atoms with E-state index >= 15 is 0 Å². The number of hydrogen-bond donors (Lipinski definition) is 1. The maximum Gasteiger partial charge on any atom is 0.179 e. The van der Waals surface area contributed by atoms with Gasteiger partial charge in [0.2, 0.25) is 0 Å². The fraction of sp³-hybridized carbons (Fsp3) is 0.417. The number of carbonyl (C=O) groups excluding carboxylic acids is 1. The lowest BCUT2D eigenvalue weighted by Gasteiger charge is -2.14. The van der Waals surface area contributed by atoms with E-state index in [1.165, 1.54) is 6.92 Å². The lowest BCUT2D eigenvalue weighted by molar-refractivity contribution is 0.101. The molecule has 1 N–H and O–H groups in total. The number of ether oxygens (including phenoxy) is 1. The molecule has 0 radical (unpaired) electrons. The lowest BCUT2D eigenvalue weighted by atomic mass is 9.97. The van der Waals surface area contributed by atoms with Gasteiger partial charge in [-0.05, 0) is 66.3 Å². The third-order valence-corrected chi connectivity index (χ3v) is 5.84. The first-order valence-corrected chi connectivity index (χ1v) is 12.2. The number of nitrogens with zero attached hydrogens (tertiary/aromatic N) is 4. The lowest BCUT2D eigenvalue weighted by Crippen LogP contribution is -2.04. The zero-order chi connectivity index (χ0) is 22.9. The average molecular weight is 455 g/mol. The van der Waals surface area contributed by atoms with Crippen LogP contribution in [-0.2, 0) is 26.0 Å². The van der Waals surface area contributed by atoms with Crippen LogP contribution < -0.4 is 4.74 Å². The van der Waals surface area contributed by atoms with Crippen LogP contribution in [-0.4, -0.2) is 43.1 Å². The quantitative estimate of drug-likeness (QED) is 0.319. The van der Waals surface area contributed by atoms with Gasteiger partial charge in [-0.1, -0.05) is 31.5 Å². The van der Waals surface area contributed by atoms with Crippen molar-refractivity contribution < 1.29 is 14.6 Å². The van der Waals surface area contributed by atoms with Crippen LogP contribution >= 0.6 is 11.8 Å². The van der Waals surface area contributed by atoms with Gasteiger partial charge in [-0.2, -0.15) is 16.6 Å². The SMILES string of the molecule is CCCc1c(COc2ccc(Cc3nnn(CCCSC)n3)cc2)ccc(C(C)=O)c1O. The maximum atomic E-state index is 11.7. The van der Waals surface area contributed by atoms with Crippen molar-refractivity contribution in [3.8, 4) is 11.5 Å². The van der Waals surface area contributed by atoms with Crippen molar-refractivity contribution in [2.75, 3.05) is 12.0 Å². The molecule has 1 heterocycles. The molecule has 0 saturated heterocycles. The molecule has 8 heteroatoms. The van der Waals surface area contributed by atoms with Crippen LogP contribution in [0, 0.1) is 0 Å². The summed E-state index contributed by atoms with van der Waals surface area (Å²) >= 11 is 1.81. The van der Waals surface area contributed by atoms with E-state index in [1.54, 1.807) is 10.9 Å². The van der Waals surface area contributed by atoms with E-state index in [0.717, 1.165) is 47.6 Å². The van der Waals surface area contributed by atoms with E-state index in [1.807, 2.05) is 49.0 Å². The predicted molar refractivity (Wildman–Crippen MR) is 127 cm³/mol. The topological polar surface area (TPSA) is 90.1 Å². The molecule has 0 saturated carbocycles. The minimum atomic E-state index is -0.141. The third-order valence-electron chi connectivity index (χ3n) is 5.14. The van der Waals surface area contributed by atoms with Crippen molar-refractivity contribution in [1.29, 1.82) is 0 Å². The summed E-state index contributed by atoms with van der Waals surface area (Å²) in [7, 11) is 0. The molecule has 3 aromatic rings. The average Bonchev–Trinajstić information content (AvgIpc) is 3.22. The van der Waals surface area contributed by atoms with E-state index in [0.29, 0.717) is 30.8 Å². The van der Waals surface area contributed by atoms with Gasteiger partial charge in [-0.15, -0.1) is 10.2 Å². The van der Waals surface area contributed by atoms with Crippen LogP contribution in [0.15, 0.2) is 36.4 Å². The molecule has 1 aromatic heterocycles. The number of thioether (sulfide) groups is 1. The molecule has 2 aromatic carbocycles. The molecule has 7 nitrogen and oxygen atoms in total. The van der Waals surface area contributed by atoms with E-state index in [2.05, 4.69) is 21.7 Å². The van der Waals surface area contributed by atoms with E-state index in [9.17, 15) is 9.90 Å². The van der Waals surface area contributed by atoms with Gasteiger partial charge in [0.15, 0.2) is 11.6 Å². The Balaban J connectivity index is 1.60. The van der Waals surface area contributed by atoms with Gasteiger partial charge in [0.25, 0.3) is 0 Å². The molecule has 0 unspecified atom stereocenters. The van der Waals surface area contributed by atoms with Crippen LogP contribution in [0.3, 0.4) is 0 Å². The molecule has 0 spiro atoms. The Bertz CT molecular complexity index is 1030. The van der Waals surface area contributed by atoms with Gasteiger partial charge in [0.1, 0.15) is 18.1 Å². The summed E-state index contributed by atoms with van der Waals surface area (Å²) in [5.74, 6) is 2.45. The van der Waals surface area contributed by atoms with Gasteiger partial charge < -0.3 is 9.84 Å². The van der Waals surface area contributed by atoms with Crippen molar-refractivity contribution in [1.82, 2.24) is 20.2 Å². The molecule has 0 bridgehead atoms. The minimum absolute atomic E-state index is 0.0739. The summed E-state index contributed by atoms with van der Waals surface area (Å²) in [6.07, 6.45) is 5.29. The van der Waals surface area contributed by atoms with Crippen molar-refractivity contribution in [3.05, 3.63) is 64.5 Å². The van der Waals surface area contributed by atoms with Gasteiger partial charge in [0, 0.05) is 12.0 Å². The van der Waals surface area contributed by atoms with Gasteiger partial charge in [-0.25, -0.2) is 0 Å². The second kappa shape index (κ2) is 11.7. The number of phenols is 1. The predicted octanol–water partition coefficient (Wildman–Crippen LogP) is 4.46. The maximum absolute atomic E-state index is 11.7. The summed E-state index contributed by atoms with van der Waals surface area (Å²) in [4.78, 5) is 13.4. The van der Waals surface area contributed by atoms with Crippen molar-refractivity contribution >= 4 is 17.5 Å². The first-order chi connectivity index (χ1) is 15.5. The standard InChI is InChI=1S/C24H30N4O3S/c1-4-6-22-19(9-12-21(17(2)29)24(22)30)16-31-20-10-7-18(8-11-20)15-23-25-27-28(26-23)13-5-14-32-3/h7-12,30H,4-6,13-16H2,1-3H3. The third kappa shape index (κ3) is 6.32. The monoisotopic (exact) mass is 454 g/mol. The number of Topliss-reactive ketones (excluding diaryl/α,β-unsaturated/α-hetero) is 1. The largest absolute Gasteiger partial charge is 0.507 e. The highest BCUT2D eigenvalue weighted by Crippen LogP contribution is 2.29. The molecular weight excluding hydrogens is 424 g/mol. The summed E-state index contributed by atoms with van der Waals surface area (Å²) in [6, 6.07) is 11.4. The van der Waals surface area contributed by atoms with E-state index < -0.39 is 0 Å². The summed E-state index contributed by atoms with van der Waals surface area (Å²) in [5, 5.41) is 23.2. The molecule has 0 amide bonds. The van der Waals surface area contributed by atoms with Crippen LogP contribution in [0.25, 0.3) is 0 Å². The van der Waals surface area contributed by atoms with Crippen molar-refractivity contribution in [2.24, 2.45) is 0 Å². The highest BCUT2D eigenvalue weighted by molar-refractivity contribution is 7.98. The zero-order valence-corrected chi connectivity index (χ0v) is 19.7. The summed E-state index contributed by atoms with van der Waals surface area (Å²) in [5.41, 5.74) is 3.11. The Labute approximate surface area is 193 Å². The Morgan fingerprint density at radius 1 is 1.19 bits per heavy atom. The Kier molecular flexibility index (Phi) is 8.67. The van der Waals surface area contributed by atoms with Crippen LogP contribution in [0.4, 0.5) is 0 Å². The molecule has 3 rings (SSSR count). The molecule has 170 valence electrons. The van der Waals surface area contributed by atoms with Gasteiger partial charge >= 0.3 is 0 Å². The number of aromatic hydroxyl groups is 1. The summed E-state index contributed by atoms with van der Waals surface area (Å²) < 4.78 is 5.95. The number of rotatable bonds is 12. The Morgan fingerprint density at radius 2 is 1.97 bits per heavy atom. The number of benzene rings is 2. The molecule has 0 fully saturated rings. The molecule has 0 aliphatic heterocycles. The molecule has 0 aliphatic carbocycles. The molecule has 0 atom stereocenters. The van der Waals surface area contributed by atoms with Crippen LogP contribution in [0.1, 0.15) is 59.6 Å². The fourth-order valence-electron chi connectivity index (χ4n) is 3.47. The van der Waals surface area contributed by atoms with Crippen molar-refractivity contribution in [3.63, 3.8) is 0 Å². The first kappa shape index (κ1) is 23.8. The molecule has 0 aliphatic rings. The van der Waals surface area contributed by atoms with E-state index in [-0.39, 0.29) is 11.5 Å². The first-order valence-electron chi connectivity index (χ1n) is 10.8. The normalized spacial score (nSPS) is 11.0. The van der Waals surface area contributed by atoms with Crippen LogP contribution in [0.2, 0.25) is 0 Å². The molecule has 32 heavy (non-hydrogen) atoms. The Morgan fingerprint density at radius 3 is 2.66 bits per heavy atom. The highest BCUT2D eigenvalue weighted by atomic mass is 32.2. The minimum Gasteiger partial charge on any atom is -0.507 e. The number of phenolic OH excluding ortho intramolecular Hbond substituents is 1. The smallest absolute Gasteiger partial charge is 0.179 e.